The predicted octanol–water partition coefficient (Wildman–Crippen LogP) is 7.69. The predicted molar refractivity (Wildman–Crippen MR) is 117 cm³/mol. The second-order valence-electron chi connectivity index (χ2n) is 7.65. The molecule has 0 spiro atoms. The van der Waals surface area contributed by atoms with E-state index in [1.54, 1.807) is 0 Å². The lowest BCUT2D eigenvalue weighted by Crippen LogP contribution is -1.93. The van der Waals surface area contributed by atoms with E-state index in [1.807, 2.05) is 24.3 Å². The van der Waals surface area contributed by atoms with E-state index in [1.165, 1.54) is 89.9 Å². The second kappa shape index (κ2) is 17.5. The SMILES string of the molecule is CCCCCCCCCCCCCCCCCc1ccccc1OP(O)O. The topological polar surface area (TPSA) is 49.7 Å². The third-order valence-electron chi connectivity index (χ3n) is 5.20. The fraction of sp³-hybridized carbons (Fsp3) is 0.739. The minimum absolute atomic E-state index is 0.610. The van der Waals surface area contributed by atoms with Gasteiger partial charge in [0.15, 0.2) is 0 Å². The first-order valence-corrected chi connectivity index (χ1v) is 12.3. The van der Waals surface area contributed by atoms with Gasteiger partial charge in [-0.2, -0.15) is 0 Å². The molecule has 1 rings (SSSR count). The van der Waals surface area contributed by atoms with E-state index < -0.39 is 8.60 Å². The standard InChI is InChI=1S/C23H41O3P/c1-2-3-4-5-6-7-8-9-10-11-12-13-14-15-16-19-22-20-17-18-21-23(22)26-27(24)25/h17-18,20-21,24-25H,2-16,19H2,1H3. The molecule has 0 aromatic heterocycles. The molecule has 0 atom stereocenters. The summed E-state index contributed by atoms with van der Waals surface area (Å²) in [5.74, 6) is 0.610. The van der Waals surface area contributed by atoms with Gasteiger partial charge in [-0.3, -0.25) is 0 Å². The summed E-state index contributed by atoms with van der Waals surface area (Å²) in [5, 5.41) is 0. The van der Waals surface area contributed by atoms with E-state index in [2.05, 4.69) is 6.92 Å². The van der Waals surface area contributed by atoms with E-state index in [-0.39, 0.29) is 0 Å². The Morgan fingerprint density at radius 3 is 1.59 bits per heavy atom. The molecule has 0 unspecified atom stereocenters. The maximum atomic E-state index is 9.03. The number of hydrogen-bond acceptors (Lipinski definition) is 3. The fourth-order valence-electron chi connectivity index (χ4n) is 3.57. The van der Waals surface area contributed by atoms with Gasteiger partial charge in [0.05, 0.1) is 0 Å². The third-order valence-corrected chi connectivity index (χ3v) is 5.56. The first kappa shape index (κ1) is 24.4. The molecule has 0 aliphatic rings. The number of hydrogen-bond donors (Lipinski definition) is 2. The van der Waals surface area contributed by atoms with Crippen LogP contribution in [0.3, 0.4) is 0 Å². The summed E-state index contributed by atoms with van der Waals surface area (Å²) in [6.45, 7) is 2.28. The van der Waals surface area contributed by atoms with Crippen molar-refractivity contribution in [3.8, 4) is 5.75 Å². The van der Waals surface area contributed by atoms with Gasteiger partial charge in [0.25, 0.3) is 0 Å². The highest BCUT2D eigenvalue weighted by Gasteiger charge is 2.07. The summed E-state index contributed by atoms with van der Waals surface area (Å²) < 4.78 is 5.10. The monoisotopic (exact) mass is 396 g/mol. The quantitative estimate of drug-likeness (QED) is 0.197. The van der Waals surface area contributed by atoms with Crippen LogP contribution < -0.4 is 4.52 Å². The van der Waals surface area contributed by atoms with Crippen LogP contribution in [0.2, 0.25) is 0 Å². The van der Waals surface area contributed by atoms with Gasteiger partial charge in [0.1, 0.15) is 5.75 Å². The second-order valence-corrected chi connectivity index (χ2v) is 8.34. The Morgan fingerprint density at radius 1 is 0.667 bits per heavy atom. The average molecular weight is 397 g/mol. The number of unbranched alkanes of at least 4 members (excludes halogenated alkanes) is 14. The Hall–Kier alpha value is -0.630. The molecule has 1 aromatic rings. The molecule has 0 radical (unpaired) electrons. The van der Waals surface area contributed by atoms with Crippen molar-refractivity contribution < 1.29 is 14.3 Å². The summed E-state index contributed by atoms with van der Waals surface area (Å²) >= 11 is 0. The van der Waals surface area contributed by atoms with Crippen molar-refractivity contribution in [1.29, 1.82) is 0 Å². The maximum absolute atomic E-state index is 9.03. The van der Waals surface area contributed by atoms with Crippen molar-refractivity contribution in [2.75, 3.05) is 0 Å². The summed E-state index contributed by atoms with van der Waals surface area (Å²) in [6, 6.07) is 7.66. The molecule has 0 fully saturated rings. The van der Waals surface area contributed by atoms with Crippen LogP contribution in [-0.4, -0.2) is 9.79 Å². The average Bonchev–Trinajstić information content (AvgIpc) is 2.65. The van der Waals surface area contributed by atoms with E-state index >= 15 is 0 Å². The molecule has 0 saturated carbocycles. The number of para-hydroxylation sites is 1. The summed E-state index contributed by atoms with van der Waals surface area (Å²) in [5.41, 5.74) is 1.07. The Bertz CT molecular complexity index is 451. The zero-order valence-electron chi connectivity index (χ0n) is 17.4. The molecular weight excluding hydrogens is 355 g/mol. The lowest BCUT2D eigenvalue weighted by atomic mass is 10.0. The lowest BCUT2D eigenvalue weighted by molar-refractivity contribution is 0.373. The van der Waals surface area contributed by atoms with E-state index in [0.717, 1.165) is 18.4 Å². The molecule has 3 nitrogen and oxygen atoms in total. The molecule has 0 heterocycles. The zero-order valence-corrected chi connectivity index (χ0v) is 18.3. The van der Waals surface area contributed by atoms with Crippen LogP contribution in [0.4, 0.5) is 0 Å². The highest BCUT2D eigenvalue weighted by atomic mass is 31.2. The molecule has 4 heteroatoms. The molecule has 0 aliphatic carbocycles. The van der Waals surface area contributed by atoms with Crippen LogP contribution in [0.15, 0.2) is 24.3 Å². The van der Waals surface area contributed by atoms with Gasteiger partial charge in [-0.15, -0.1) is 0 Å². The first-order chi connectivity index (χ1) is 13.2. The Labute approximate surface area is 168 Å². The number of benzene rings is 1. The molecule has 0 saturated heterocycles. The van der Waals surface area contributed by atoms with Crippen LogP contribution in [0, 0.1) is 0 Å². The van der Waals surface area contributed by atoms with Crippen molar-refractivity contribution in [1.82, 2.24) is 0 Å². The van der Waals surface area contributed by atoms with E-state index in [0.29, 0.717) is 5.75 Å². The molecular formula is C23H41O3P. The highest BCUT2D eigenvalue weighted by Crippen LogP contribution is 2.32. The summed E-state index contributed by atoms with van der Waals surface area (Å²) in [7, 11) is -2.33. The van der Waals surface area contributed by atoms with Gasteiger partial charge in [-0.1, -0.05) is 115 Å². The molecule has 2 N–H and O–H groups in total. The van der Waals surface area contributed by atoms with Gasteiger partial charge in [-0.25, -0.2) is 0 Å². The van der Waals surface area contributed by atoms with Crippen LogP contribution in [-0.2, 0) is 6.42 Å². The minimum Gasteiger partial charge on any atom is -0.427 e. The number of aryl methyl sites for hydroxylation is 1. The Morgan fingerprint density at radius 2 is 1.11 bits per heavy atom. The van der Waals surface area contributed by atoms with E-state index in [4.69, 9.17) is 14.3 Å². The Kier molecular flexibility index (Phi) is 15.8. The highest BCUT2D eigenvalue weighted by molar-refractivity contribution is 7.39. The summed E-state index contributed by atoms with van der Waals surface area (Å²) in [4.78, 5) is 18.1. The molecule has 0 amide bonds. The maximum Gasteiger partial charge on any atom is 0.391 e. The minimum atomic E-state index is -2.33. The normalized spacial score (nSPS) is 11.3. The smallest absolute Gasteiger partial charge is 0.391 e. The lowest BCUT2D eigenvalue weighted by Gasteiger charge is -2.10. The molecule has 27 heavy (non-hydrogen) atoms. The van der Waals surface area contributed by atoms with Crippen LogP contribution in [0.25, 0.3) is 0 Å². The van der Waals surface area contributed by atoms with Gasteiger partial charge in [0.2, 0.25) is 0 Å². The Balaban J connectivity index is 1.90. The summed E-state index contributed by atoms with van der Waals surface area (Å²) in [6.07, 6.45) is 21.5. The molecule has 156 valence electrons. The van der Waals surface area contributed by atoms with Crippen molar-refractivity contribution in [3.63, 3.8) is 0 Å². The van der Waals surface area contributed by atoms with E-state index in [9.17, 15) is 0 Å². The van der Waals surface area contributed by atoms with Crippen LogP contribution in [0.1, 0.15) is 109 Å². The van der Waals surface area contributed by atoms with Gasteiger partial charge < -0.3 is 14.3 Å². The molecule has 1 aromatic carbocycles. The van der Waals surface area contributed by atoms with Crippen LogP contribution in [0.5, 0.6) is 5.75 Å². The van der Waals surface area contributed by atoms with Gasteiger partial charge in [0, 0.05) is 0 Å². The van der Waals surface area contributed by atoms with Gasteiger partial charge >= 0.3 is 8.60 Å². The van der Waals surface area contributed by atoms with Crippen molar-refractivity contribution in [2.45, 2.75) is 110 Å². The van der Waals surface area contributed by atoms with Crippen LogP contribution >= 0.6 is 8.60 Å². The fourth-order valence-corrected chi connectivity index (χ4v) is 3.93. The number of rotatable bonds is 18. The molecule has 0 bridgehead atoms. The van der Waals surface area contributed by atoms with Crippen molar-refractivity contribution in [2.24, 2.45) is 0 Å². The van der Waals surface area contributed by atoms with Gasteiger partial charge in [-0.05, 0) is 24.5 Å². The largest absolute Gasteiger partial charge is 0.427 e. The molecule has 0 aliphatic heterocycles. The first-order valence-electron chi connectivity index (χ1n) is 11.2. The third kappa shape index (κ3) is 14.1. The zero-order chi connectivity index (χ0) is 19.6. The van der Waals surface area contributed by atoms with Crippen molar-refractivity contribution in [3.05, 3.63) is 29.8 Å². The van der Waals surface area contributed by atoms with Crippen molar-refractivity contribution >= 4 is 8.60 Å².